The van der Waals surface area contributed by atoms with Crippen LogP contribution in [0.25, 0.3) is 11.1 Å². The molecule has 1 aliphatic carbocycles. The molecule has 1 saturated carbocycles. The van der Waals surface area contributed by atoms with Crippen LogP contribution in [0.3, 0.4) is 0 Å². The molecule has 9 heteroatoms. The van der Waals surface area contributed by atoms with Crippen LogP contribution in [0.5, 0.6) is 0 Å². The van der Waals surface area contributed by atoms with Gasteiger partial charge in [0.15, 0.2) is 0 Å². The second-order valence-corrected chi connectivity index (χ2v) is 11.1. The molecule has 198 valence electrons. The molecule has 2 aliphatic heterocycles. The van der Waals surface area contributed by atoms with Gasteiger partial charge in [0.25, 0.3) is 0 Å². The molecule has 0 saturated heterocycles. The van der Waals surface area contributed by atoms with Gasteiger partial charge in [-0.15, -0.1) is 0 Å². The zero-order chi connectivity index (χ0) is 26.9. The quantitative estimate of drug-likeness (QED) is 0.389. The van der Waals surface area contributed by atoms with Crippen LogP contribution in [-0.2, 0) is 9.59 Å². The van der Waals surface area contributed by atoms with Gasteiger partial charge in [0.05, 0.1) is 17.4 Å². The smallest absolute Gasteiger partial charge is 0.327 e. The highest BCUT2D eigenvalue weighted by molar-refractivity contribution is 8.01. The number of rotatable bonds is 6. The molecule has 3 N–H and O–H groups in total. The van der Waals surface area contributed by atoms with Crippen molar-refractivity contribution in [1.82, 2.24) is 20.9 Å². The van der Waals surface area contributed by atoms with Crippen LogP contribution in [0.15, 0.2) is 84.5 Å². The molecule has 0 spiro atoms. The molecule has 4 amide bonds. The molecule has 8 nitrogen and oxygen atoms in total. The maximum atomic E-state index is 13.6. The van der Waals surface area contributed by atoms with Gasteiger partial charge in [-0.3, -0.25) is 14.5 Å². The van der Waals surface area contributed by atoms with Crippen molar-refractivity contribution in [3.63, 3.8) is 0 Å². The third kappa shape index (κ3) is 4.78. The minimum Gasteiger partial charge on any atom is -0.350 e. The van der Waals surface area contributed by atoms with Crippen LogP contribution in [-0.4, -0.2) is 40.2 Å². The summed E-state index contributed by atoms with van der Waals surface area (Å²) in [7, 11) is 0. The van der Waals surface area contributed by atoms with Crippen molar-refractivity contribution in [3.05, 3.63) is 85.1 Å². The Morgan fingerprint density at radius 3 is 2.51 bits per heavy atom. The van der Waals surface area contributed by atoms with E-state index in [0.29, 0.717) is 0 Å². The van der Waals surface area contributed by atoms with Crippen LogP contribution in [0, 0.1) is 0 Å². The molecular weight excluding hydrogens is 510 g/mol. The predicted octanol–water partition coefficient (Wildman–Crippen LogP) is 4.85. The fourth-order valence-corrected chi connectivity index (χ4v) is 6.96. The Hall–Kier alpha value is -4.11. The Kier molecular flexibility index (Phi) is 6.83. The highest BCUT2D eigenvalue weighted by atomic mass is 32.2. The number of carbonyl (C=O) groups excluding carboxylic acids is 3. The van der Waals surface area contributed by atoms with Gasteiger partial charge < -0.3 is 16.0 Å². The highest BCUT2D eigenvalue weighted by Crippen LogP contribution is 2.50. The Labute approximate surface area is 231 Å². The standard InChI is InChI=1S/C30H29N5O3S/c1-2-24(36)32-21-13-6-7-14-22(21)33-28(37)27-26-25-23(15-16-31-29(25)39-27)35(30(38)34-26)20-12-8-11-19(17-20)18-9-4-3-5-10-18/h2-5,8-12,15-17,21-22,26-27H,1,6-7,13-14H2,(H,32,36)(H,33,37)(H,34,38)/t21-,22+,26?,27?/m0/s1. The van der Waals surface area contributed by atoms with E-state index in [1.807, 2.05) is 60.7 Å². The summed E-state index contributed by atoms with van der Waals surface area (Å²) >= 11 is 1.37. The van der Waals surface area contributed by atoms with E-state index in [-0.39, 0.29) is 29.9 Å². The molecular formula is C30H29N5O3S. The zero-order valence-electron chi connectivity index (χ0n) is 21.3. The molecule has 1 aromatic heterocycles. The van der Waals surface area contributed by atoms with Crippen molar-refractivity contribution in [2.24, 2.45) is 0 Å². The molecule has 0 bridgehead atoms. The maximum absolute atomic E-state index is 13.6. The van der Waals surface area contributed by atoms with Crippen molar-refractivity contribution in [3.8, 4) is 11.1 Å². The normalized spacial score (nSPS) is 23.4. The number of benzene rings is 2. The molecule has 3 heterocycles. The SMILES string of the molecule is C=CC(=O)N[C@H]1CCCC[C@H]1NC(=O)C1Sc2nccc3c2C1NC(=O)N3c1cccc(-c2ccccc2)c1. The van der Waals surface area contributed by atoms with Crippen LogP contribution in [0.2, 0.25) is 0 Å². The number of anilines is 2. The number of thioether (sulfide) groups is 1. The number of hydrogen-bond donors (Lipinski definition) is 3. The number of aromatic nitrogens is 1. The average Bonchev–Trinajstić information content (AvgIpc) is 3.34. The third-order valence-electron chi connectivity index (χ3n) is 7.58. The van der Waals surface area contributed by atoms with Crippen LogP contribution >= 0.6 is 11.8 Å². The number of carbonyl (C=O) groups is 3. The van der Waals surface area contributed by atoms with Crippen LogP contribution in [0.4, 0.5) is 16.2 Å². The van der Waals surface area contributed by atoms with E-state index in [1.54, 1.807) is 11.1 Å². The lowest BCUT2D eigenvalue weighted by atomic mass is 9.89. The van der Waals surface area contributed by atoms with Gasteiger partial charge in [0.1, 0.15) is 10.3 Å². The summed E-state index contributed by atoms with van der Waals surface area (Å²) in [6.45, 7) is 3.54. The van der Waals surface area contributed by atoms with E-state index in [2.05, 4.69) is 27.5 Å². The summed E-state index contributed by atoms with van der Waals surface area (Å²) in [4.78, 5) is 45.3. The average molecular weight is 540 g/mol. The third-order valence-corrected chi connectivity index (χ3v) is 8.87. The number of amides is 4. The summed E-state index contributed by atoms with van der Waals surface area (Å²) in [5.41, 5.74) is 4.39. The lowest BCUT2D eigenvalue weighted by Gasteiger charge is -2.36. The number of hydrogen-bond acceptors (Lipinski definition) is 5. The lowest BCUT2D eigenvalue weighted by molar-refractivity contribution is -0.123. The first-order valence-corrected chi connectivity index (χ1v) is 14.1. The Morgan fingerprint density at radius 1 is 1.00 bits per heavy atom. The number of urea groups is 1. The molecule has 2 unspecified atom stereocenters. The minimum atomic E-state index is -0.562. The van der Waals surface area contributed by atoms with E-state index < -0.39 is 11.3 Å². The van der Waals surface area contributed by atoms with E-state index >= 15 is 0 Å². The van der Waals surface area contributed by atoms with E-state index in [9.17, 15) is 14.4 Å². The molecule has 0 radical (unpaired) electrons. The topological polar surface area (TPSA) is 103 Å². The zero-order valence-corrected chi connectivity index (χ0v) is 22.1. The van der Waals surface area contributed by atoms with Crippen molar-refractivity contribution in [2.75, 3.05) is 4.90 Å². The Morgan fingerprint density at radius 2 is 1.74 bits per heavy atom. The molecule has 1 fully saturated rings. The van der Waals surface area contributed by atoms with Gasteiger partial charge in [-0.2, -0.15) is 0 Å². The van der Waals surface area contributed by atoms with Crippen molar-refractivity contribution >= 4 is 41.0 Å². The maximum Gasteiger partial charge on any atom is 0.327 e. The van der Waals surface area contributed by atoms with Gasteiger partial charge >= 0.3 is 6.03 Å². The summed E-state index contributed by atoms with van der Waals surface area (Å²) in [6, 6.07) is 18.6. The summed E-state index contributed by atoms with van der Waals surface area (Å²) < 4.78 is 0. The van der Waals surface area contributed by atoms with Gasteiger partial charge in [-0.1, -0.05) is 73.6 Å². The van der Waals surface area contributed by atoms with Gasteiger partial charge in [-0.05, 0) is 48.2 Å². The Balaban J connectivity index is 1.26. The number of nitrogens with zero attached hydrogens (tertiary/aromatic N) is 2. The van der Waals surface area contributed by atoms with E-state index in [1.165, 1.54) is 17.8 Å². The molecule has 39 heavy (non-hydrogen) atoms. The molecule has 4 atom stereocenters. The number of pyridine rings is 1. The highest BCUT2D eigenvalue weighted by Gasteiger charge is 2.47. The fraction of sp³-hybridized carbons (Fsp3) is 0.267. The fourth-order valence-electron chi connectivity index (χ4n) is 5.72. The first-order valence-electron chi connectivity index (χ1n) is 13.2. The van der Waals surface area contributed by atoms with Gasteiger partial charge in [-0.25, -0.2) is 9.78 Å². The van der Waals surface area contributed by atoms with Crippen molar-refractivity contribution < 1.29 is 14.4 Å². The Bertz CT molecular complexity index is 1450. The van der Waals surface area contributed by atoms with Gasteiger partial charge in [0, 0.05) is 23.8 Å². The van der Waals surface area contributed by atoms with Crippen LogP contribution in [0.1, 0.15) is 37.3 Å². The molecule has 3 aliphatic rings. The molecule has 3 aromatic rings. The number of nitrogens with one attached hydrogen (secondary N) is 3. The predicted molar refractivity (Wildman–Crippen MR) is 152 cm³/mol. The molecule has 6 rings (SSSR count). The van der Waals surface area contributed by atoms with Gasteiger partial charge in [0.2, 0.25) is 11.8 Å². The second kappa shape index (κ2) is 10.6. The van der Waals surface area contributed by atoms with Crippen molar-refractivity contribution in [2.45, 2.75) is 54.1 Å². The first-order chi connectivity index (χ1) is 19.0. The summed E-state index contributed by atoms with van der Waals surface area (Å²) in [5.74, 6) is -0.410. The van der Waals surface area contributed by atoms with E-state index in [4.69, 9.17) is 0 Å². The lowest BCUT2D eigenvalue weighted by Crippen LogP contribution is -2.56. The summed E-state index contributed by atoms with van der Waals surface area (Å²) in [5, 5.41) is 9.38. The first kappa shape index (κ1) is 25.2. The van der Waals surface area contributed by atoms with E-state index in [0.717, 1.165) is 58.8 Å². The largest absolute Gasteiger partial charge is 0.350 e. The van der Waals surface area contributed by atoms with Crippen molar-refractivity contribution in [1.29, 1.82) is 0 Å². The summed E-state index contributed by atoms with van der Waals surface area (Å²) in [6.07, 6.45) is 6.49. The second-order valence-electron chi connectivity index (χ2n) is 9.99. The van der Waals surface area contributed by atoms with Crippen LogP contribution < -0.4 is 20.9 Å². The molecule has 2 aromatic carbocycles. The minimum absolute atomic E-state index is 0.149. The monoisotopic (exact) mass is 539 g/mol.